The first-order valence-corrected chi connectivity index (χ1v) is 10.4. The van der Waals surface area contributed by atoms with E-state index in [0.29, 0.717) is 39.6 Å². The predicted molar refractivity (Wildman–Crippen MR) is 119 cm³/mol. The minimum absolute atomic E-state index is 0.354. The van der Waals surface area contributed by atoms with E-state index in [2.05, 4.69) is 0 Å². The molecule has 3 aromatic rings. The quantitative estimate of drug-likeness (QED) is 0.329. The zero-order valence-electron chi connectivity index (χ0n) is 18.3. The lowest BCUT2D eigenvalue weighted by Crippen LogP contribution is -2.33. The SMILES string of the molecule is Cc1ccc2c(c1)Oc1cc(OC(=O)C(C)(C)C)ccc1C21OC(=O)c2cc(N)ccc21. The van der Waals surface area contributed by atoms with Crippen LogP contribution < -0.4 is 15.2 Å². The summed E-state index contributed by atoms with van der Waals surface area (Å²) < 4.78 is 17.9. The molecule has 0 saturated carbocycles. The molecule has 2 aliphatic heterocycles. The van der Waals surface area contributed by atoms with Crippen molar-refractivity contribution in [2.45, 2.75) is 33.3 Å². The van der Waals surface area contributed by atoms with Gasteiger partial charge in [-0.2, -0.15) is 0 Å². The Hall–Kier alpha value is -3.80. The highest BCUT2D eigenvalue weighted by Gasteiger charge is 2.53. The van der Waals surface area contributed by atoms with Gasteiger partial charge in [0.25, 0.3) is 0 Å². The Morgan fingerprint density at radius 3 is 2.31 bits per heavy atom. The van der Waals surface area contributed by atoms with Gasteiger partial charge in [0.05, 0.1) is 11.0 Å². The molecule has 6 nitrogen and oxygen atoms in total. The maximum atomic E-state index is 12.9. The lowest BCUT2D eigenvalue weighted by Gasteiger charge is -2.36. The lowest BCUT2D eigenvalue weighted by molar-refractivity contribution is -0.143. The summed E-state index contributed by atoms with van der Waals surface area (Å²) in [5.74, 6) is 0.591. The summed E-state index contributed by atoms with van der Waals surface area (Å²) in [6, 6.07) is 16.1. The maximum absolute atomic E-state index is 12.9. The van der Waals surface area contributed by atoms with Crippen molar-refractivity contribution < 1.29 is 23.8 Å². The summed E-state index contributed by atoms with van der Waals surface area (Å²) in [6.45, 7) is 7.33. The first-order valence-electron chi connectivity index (χ1n) is 10.4. The number of hydrogen-bond donors (Lipinski definition) is 1. The van der Waals surface area contributed by atoms with Crippen molar-refractivity contribution in [1.82, 2.24) is 0 Å². The third-order valence-electron chi connectivity index (χ3n) is 5.78. The zero-order chi connectivity index (χ0) is 22.8. The number of rotatable bonds is 1. The van der Waals surface area contributed by atoms with Gasteiger partial charge in [-0.05, 0) is 63.6 Å². The van der Waals surface area contributed by atoms with Crippen LogP contribution in [0.5, 0.6) is 17.2 Å². The van der Waals surface area contributed by atoms with Crippen LogP contribution in [0.2, 0.25) is 0 Å². The second-order valence-corrected chi connectivity index (χ2v) is 9.27. The van der Waals surface area contributed by atoms with Crippen LogP contribution in [0.4, 0.5) is 5.69 Å². The van der Waals surface area contributed by atoms with Crippen LogP contribution in [0, 0.1) is 12.3 Å². The summed E-state index contributed by atoms with van der Waals surface area (Å²) >= 11 is 0. The lowest BCUT2D eigenvalue weighted by atomic mass is 9.77. The van der Waals surface area contributed by atoms with Gasteiger partial charge in [-0.15, -0.1) is 0 Å². The molecular formula is C26H23NO5. The molecule has 0 bridgehead atoms. The number of carbonyl (C=O) groups is 2. The molecule has 2 heterocycles. The fraction of sp³-hybridized carbons (Fsp3) is 0.231. The van der Waals surface area contributed by atoms with E-state index in [9.17, 15) is 9.59 Å². The zero-order valence-corrected chi connectivity index (χ0v) is 18.3. The van der Waals surface area contributed by atoms with Gasteiger partial charge in [-0.1, -0.05) is 18.2 Å². The van der Waals surface area contributed by atoms with E-state index in [4.69, 9.17) is 19.9 Å². The molecule has 3 aromatic carbocycles. The highest BCUT2D eigenvalue weighted by Crippen LogP contribution is 2.56. The van der Waals surface area contributed by atoms with Gasteiger partial charge in [0, 0.05) is 28.4 Å². The second-order valence-electron chi connectivity index (χ2n) is 9.27. The molecule has 0 amide bonds. The Morgan fingerprint density at radius 2 is 1.59 bits per heavy atom. The number of anilines is 1. The number of esters is 2. The van der Waals surface area contributed by atoms with Crippen LogP contribution in [0.15, 0.2) is 54.6 Å². The minimum atomic E-state index is -1.18. The first-order chi connectivity index (χ1) is 15.1. The van der Waals surface area contributed by atoms with Gasteiger partial charge >= 0.3 is 11.9 Å². The summed E-state index contributed by atoms with van der Waals surface area (Å²) in [7, 11) is 0. The maximum Gasteiger partial charge on any atom is 0.340 e. The molecule has 0 aliphatic carbocycles. The smallest absolute Gasteiger partial charge is 0.340 e. The molecule has 1 spiro atoms. The molecule has 32 heavy (non-hydrogen) atoms. The van der Waals surface area contributed by atoms with Crippen LogP contribution in [0.25, 0.3) is 0 Å². The highest BCUT2D eigenvalue weighted by atomic mass is 16.6. The van der Waals surface area contributed by atoms with Crippen LogP contribution >= 0.6 is 0 Å². The van der Waals surface area contributed by atoms with Gasteiger partial charge < -0.3 is 19.9 Å². The van der Waals surface area contributed by atoms with Crippen LogP contribution in [-0.4, -0.2) is 11.9 Å². The summed E-state index contributed by atoms with van der Waals surface area (Å²) in [5, 5.41) is 0. The van der Waals surface area contributed by atoms with Crippen LogP contribution in [0.3, 0.4) is 0 Å². The second kappa shape index (κ2) is 6.60. The van der Waals surface area contributed by atoms with Gasteiger partial charge in [-0.3, -0.25) is 4.79 Å². The standard InChI is InChI=1S/C26H23NO5/c1-14-5-8-19-21(11-14)31-22-13-16(30-24(29)25(2,3)4)7-10-20(22)26(19)18-9-6-15(27)12-17(18)23(28)32-26/h5-13H,27H2,1-4H3. The number of aryl methyl sites for hydroxylation is 1. The molecule has 0 saturated heterocycles. The van der Waals surface area contributed by atoms with Crippen molar-refractivity contribution in [2.75, 3.05) is 5.73 Å². The van der Waals surface area contributed by atoms with E-state index in [1.165, 1.54) is 0 Å². The van der Waals surface area contributed by atoms with Crippen molar-refractivity contribution in [2.24, 2.45) is 5.41 Å². The first kappa shape index (κ1) is 20.1. The highest BCUT2D eigenvalue weighted by molar-refractivity contribution is 5.98. The fourth-order valence-corrected chi connectivity index (χ4v) is 4.16. The number of hydrogen-bond acceptors (Lipinski definition) is 6. The molecule has 1 atom stereocenters. The van der Waals surface area contributed by atoms with Crippen molar-refractivity contribution in [3.8, 4) is 17.2 Å². The number of fused-ring (bicyclic) bond motifs is 6. The number of carbonyl (C=O) groups excluding carboxylic acids is 2. The Labute approximate surface area is 185 Å². The van der Waals surface area contributed by atoms with E-state index >= 15 is 0 Å². The van der Waals surface area contributed by atoms with Crippen molar-refractivity contribution in [3.63, 3.8) is 0 Å². The topological polar surface area (TPSA) is 87.9 Å². The summed E-state index contributed by atoms with van der Waals surface area (Å²) in [6.07, 6.45) is 0. The van der Waals surface area contributed by atoms with E-state index in [1.54, 1.807) is 51.1 Å². The monoisotopic (exact) mass is 429 g/mol. The third kappa shape index (κ3) is 2.87. The number of nitrogens with two attached hydrogens (primary N) is 1. The van der Waals surface area contributed by atoms with E-state index in [0.717, 1.165) is 11.1 Å². The molecule has 0 fully saturated rings. The molecule has 1 unspecified atom stereocenters. The molecular weight excluding hydrogens is 406 g/mol. The Balaban J connectivity index is 1.72. The minimum Gasteiger partial charge on any atom is -0.456 e. The van der Waals surface area contributed by atoms with Gasteiger partial charge in [0.15, 0.2) is 5.60 Å². The van der Waals surface area contributed by atoms with Gasteiger partial charge in [0.2, 0.25) is 0 Å². The van der Waals surface area contributed by atoms with Gasteiger partial charge in [-0.25, -0.2) is 4.79 Å². The fourth-order valence-electron chi connectivity index (χ4n) is 4.16. The number of nitrogen functional groups attached to an aromatic ring is 1. The summed E-state index contributed by atoms with van der Waals surface area (Å²) in [4.78, 5) is 25.3. The van der Waals surface area contributed by atoms with E-state index in [1.807, 2.05) is 31.2 Å². The van der Waals surface area contributed by atoms with E-state index in [-0.39, 0.29) is 5.97 Å². The molecule has 2 N–H and O–H groups in total. The average Bonchev–Trinajstić information content (AvgIpc) is 2.99. The summed E-state index contributed by atoms with van der Waals surface area (Å²) in [5.41, 5.74) is 8.10. The molecule has 162 valence electrons. The third-order valence-corrected chi connectivity index (χ3v) is 5.78. The normalized spacial score (nSPS) is 18.3. The van der Waals surface area contributed by atoms with Gasteiger partial charge in [0.1, 0.15) is 17.2 Å². The van der Waals surface area contributed by atoms with Crippen LogP contribution in [0.1, 0.15) is 53.4 Å². The van der Waals surface area contributed by atoms with Crippen molar-refractivity contribution >= 4 is 17.6 Å². The molecule has 5 rings (SSSR count). The molecule has 0 aromatic heterocycles. The van der Waals surface area contributed by atoms with Crippen molar-refractivity contribution in [1.29, 1.82) is 0 Å². The molecule has 2 aliphatic rings. The molecule has 6 heteroatoms. The van der Waals surface area contributed by atoms with Crippen LogP contribution in [-0.2, 0) is 15.1 Å². The Bertz CT molecular complexity index is 1300. The van der Waals surface area contributed by atoms with E-state index < -0.39 is 17.0 Å². The predicted octanol–water partition coefficient (Wildman–Crippen LogP) is 5.10. The Morgan fingerprint density at radius 1 is 0.938 bits per heavy atom. The van der Waals surface area contributed by atoms with Crippen molar-refractivity contribution in [3.05, 3.63) is 82.4 Å². The average molecular weight is 429 g/mol. The largest absolute Gasteiger partial charge is 0.456 e. The Kier molecular flexibility index (Phi) is 4.15. The molecule has 0 radical (unpaired) electrons. The number of benzene rings is 3. The number of ether oxygens (including phenoxy) is 3.